The van der Waals surface area contributed by atoms with Crippen molar-refractivity contribution in [2.24, 2.45) is 0 Å². The van der Waals surface area contributed by atoms with Crippen molar-refractivity contribution < 1.29 is 14.3 Å². The lowest BCUT2D eigenvalue weighted by atomic mass is 10.2. The van der Waals surface area contributed by atoms with Gasteiger partial charge >= 0.3 is 5.97 Å². The second-order valence-electron chi connectivity index (χ2n) is 3.90. The number of nitrogens with zero attached hydrogens (tertiary/aromatic N) is 4. The third-order valence-electron chi connectivity index (χ3n) is 2.66. The summed E-state index contributed by atoms with van der Waals surface area (Å²) in [5.74, 6) is 0.202. The number of aromatic nitrogens is 4. The Kier molecular flexibility index (Phi) is 2.52. The molecule has 3 heterocycles. The van der Waals surface area contributed by atoms with Crippen LogP contribution in [0.5, 0.6) is 0 Å². The molecule has 0 radical (unpaired) electrons. The summed E-state index contributed by atoms with van der Waals surface area (Å²) in [6, 6.07) is 4.84. The zero-order chi connectivity index (χ0) is 13.4. The van der Waals surface area contributed by atoms with Gasteiger partial charge in [-0.25, -0.2) is 9.78 Å². The third kappa shape index (κ3) is 1.85. The van der Waals surface area contributed by atoms with Crippen LogP contribution < -0.4 is 0 Å². The van der Waals surface area contributed by atoms with Crippen LogP contribution in [0.4, 0.5) is 0 Å². The van der Waals surface area contributed by atoms with Crippen LogP contribution in [0.25, 0.3) is 17.2 Å². The Hall–Kier alpha value is -2.70. The fraction of sp³-hybridized carbons (Fsp3) is 0.167. The molecule has 0 aliphatic heterocycles. The first-order valence-electron chi connectivity index (χ1n) is 5.73. The molecule has 3 aromatic heterocycles. The van der Waals surface area contributed by atoms with E-state index in [1.165, 1.54) is 16.8 Å². The van der Waals surface area contributed by atoms with Gasteiger partial charge in [0.15, 0.2) is 17.3 Å². The van der Waals surface area contributed by atoms with E-state index in [1.807, 2.05) is 6.92 Å². The minimum absolute atomic E-state index is 0.00333. The van der Waals surface area contributed by atoms with Crippen LogP contribution in [-0.2, 0) is 6.42 Å². The summed E-state index contributed by atoms with van der Waals surface area (Å²) >= 11 is 0. The standard InChI is InChI=1S/C12H10N4O3/c1-2-10-14-12-13-7(9-4-3-5-19-9)6-8(11(17)18)16(12)15-10/h3-6H,2H2,1H3,(H,17,18). The van der Waals surface area contributed by atoms with Crippen LogP contribution in [0.1, 0.15) is 23.2 Å². The Bertz CT molecular complexity index is 746. The van der Waals surface area contributed by atoms with Crippen molar-refractivity contribution in [3.8, 4) is 11.5 Å². The summed E-state index contributed by atoms with van der Waals surface area (Å²) < 4.78 is 6.45. The molecule has 0 aliphatic carbocycles. The summed E-state index contributed by atoms with van der Waals surface area (Å²) in [5, 5.41) is 13.3. The molecular formula is C12H10N4O3. The third-order valence-corrected chi connectivity index (χ3v) is 2.66. The van der Waals surface area contributed by atoms with E-state index in [4.69, 9.17) is 4.42 Å². The molecule has 0 unspecified atom stereocenters. The van der Waals surface area contributed by atoms with Gasteiger partial charge in [0.25, 0.3) is 5.78 Å². The van der Waals surface area contributed by atoms with Crippen molar-refractivity contribution in [1.82, 2.24) is 19.6 Å². The molecule has 0 saturated carbocycles. The van der Waals surface area contributed by atoms with Gasteiger partial charge in [-0.15, -0.1) is 5.10 Å². The smallest absolute Gasteiger partial charge is 0.354 e. The lowest BCUT2D eigenvalue weighted by Gasteiger charge is -2.01. The molecular weight excluding hydrogens is 248 g/mol. The molecule has 0 saturated heterocycles. The summed E-state index contributed by atoms with van der Waals surface area (Å²) in [7, 11) is 0. The number of aromatic carboxylic acids is 1. The van der Waals surface area contributed by atoms with Crippen LogP contribution in [0, 0.1) is 0 Å². The number of hydrogen-bond donors (Lipinski definition) is 1. The van der Waals surface area contributed by atoms with Crippen molar-refractivity contribution in [1.29, 1.82) is 0 Å². The van der Waals surface area contributed by atoms with Gasteiger partial charge in [0, 0.05) is 12.5 Å². The van der Waals surface area contributed by atoms with E-state index in [9.17, 15) is 9.90 Å². The molecule has 19 heavy (non-hydrogen) atoms. The SMILES string of the molecule is CCc1nc2nc(-c3ccco3)cc(C(=O)O)n2n1. The average molecular weight is 258 g/mol. The van der Waals surface area contributed by atoms with E-state index >= 15 is 0 Å². The fourth-order valence-corrected chi connectivity index (χ4v) is 1.76. The topological polar surface area (TPSA) is 93.5 Å². The number of hydrogen-bond acceptors (Lipinski definition) is 5. The predicted octanol–water partition coefficient (Wildman–Crippen LogP) is 1.64. The summed E-state index contributed by atoms with van der Waals surface area (Å²) in [6.07, 6.45) is 2.11. The Morgan fingerprint density at radius 3 is 2.95 bits per heavy atom. The second-order valence-corrected chi connectivity index (χ2v) is 3.90. The van der Waals surface area contributed by atoms with Gasteiger partial charge in [-0.3, -0.25) is 0 Å². The zero-order valence-electron chi connectivity index (χ0n) is 10.1. The highest BCUT2D eigenvalue weighted by molar-refractivity contribution is 5.87. The second kappa shape index (κ2) is 4.20. The number of rotatable bonds is 3. The molecule has 96 valence electrons. The fourth-order valence-electron chi connectivity index (χ4n) is 1.76. The number of carboxylic acids is 1. The molecule has 0 aromatic carbocycles. The molecule has 3 rings (SSSR count). The highest BCUT2D eigenvalue weighted by Gasteiger charge is 2.17. The number of furan rings is 1. The highest BCUT2D eigenvalue weighted by Crippen LogP contribution is 2.19. The first-order chi connectivity index (χ1) is 9.19. The molecule has 0 amide bonds. The van der Waals surface area contributed by atoms with Gasteiger partial charge in [0.2, 0.25) is 0 Å². The normalized spacial score (nSPS) is 11.0. The van der Waals surface area contributed by atoms with Crippen LogP contribution in [0.3, 0.4) is 0 Å². The summed E-state index contributed by atoms with van der Waals surface area (Å²) in [5.41, 5.74) is 0.425. The minimum Gasteiger partial charge on any atom is -0.477 e. The largest absolute Gasteiger partial charge is 0.477 e. The summed E-state index contributed by atoms with van der Waals surface area (Å²) in [4.78, 5) is 19.7. The number of carbonyl (C=O) groups is 1. The Morgan fingerprint density at radius 1 is 1.47 bits per heavy atom. The van der Waals surface area contributed by atoms with E-state index in [0.717, 1.165) is 0 Å². The molecule has 0 bridgehead atoms. The van der Waals surface area contributed by atoms with Crippen LogP contribution >= 0.6 is 0 Å². The van der Waals surface area contributed by atoms with Gasteiger partial charge in [-0.1, -0.05) is 6.92 Å². The molecule has 3 aromatic rings. The summed E-state index contributed by atoms with van der Waals surface area (Å²) in [6.45, 7) is 1.89. The van der Waals surface area contributed by atoms with E-state index < -0.39 is 5.97 Å². The predicted molar refractivity (Wildman–Crippen MR) is 64.8 cm³/mol. The number of fused-ring (bicyclic) bond motifs is 1. The minimum atomic E-state index is -1.09. The maximum Gasteiger partial charge on any atom is 0.354 e. The van der Waals surface area contributed by atoms with Gasteiger partial charge < -0.3 is 9.52 Å². The van der Waals surface area contributed by atoms with E-state index in [2.05, 4.69) is 15.1 Å². The lowest BCUT2D eigenvalue weighted by Crippen LogP contribution is -2.08. The first kappa shape index (κ1) is 11.4. The molecule has 0 spiro atoms. The Balaban J connectivity index is 2.29. The van der Waals surface area contributed by atoms with Crippen LogP contribution in [0.15, 0.2) is 28.9 Å². The molecule has 7 nitrogen and oxygen atoms in total. The number of carboxylic acid groups (broad SMARTS) is 1. The molecule has 1 N–H and O–H groups in total. The molecule has 0 fully saturated rings. The molecule has 7 heteroatoms. The zero-order valence-corrected chi connectivity index (χ0v) is 10.1. The first-order valence-corrected chi connectivity index (χ1v) is 5.73. The van der Waals surface area contributed by atoms with Gasteiger partial charge in [-0.2, -0.15) is 9.50 Å². The Labute approximate surface area is 107 Å². The van der Waals surface area contributed by atoms with E-state index in [0.29, 0.717) is 23.7 Å². The van der Waals surface area contributed by atoms with E-state index in [-0.39, 0.29) is 11.5 Å². The van der Waals surface area contributed by atoms with Crippen LogP contribution in [0.2, 0.25) is 0 Å². The average Bonchev–Trinajstić information content (AvgIpc) is 3.05. The lowest BCUT2D eigenvalue weighted by molar-refractivity contribution is 0.0687. The Morgan fingerprint density at radius 2 is 2.32 bits per heavy atom. The molecule has 0 aliphatic rings. The van der Waals surface area contributed by atoms with Crippen molar-refractivity contribution >= 4 is 11.7 Å². The monoisotopic (exact) mass is 258 g/mol. The highest BCUT2D eigenvalue weighted by atomic mass is 16.4. The van der Waals surface area contributed by atoms with Crippen molar-refractivity contribution in [2.45, 2.75) is 13.3 Å². The van der Waals surface area contributed by atoms with Crippen molar-refractivity contribution in [3.05, 3.63) is 36.0 Å². The number of aryl methyl sites for hydroxylation is 1. The van der Waals surface area contributed by atoms with E-state index in [1.54, 1.807) is 12.1 Å². The molecule has 0 atom stereocenters. The van der Waals surface area contributed by atoms with Crippen molar-refractivity contribution in [2.75, 3.05) is 0 Å². The quantitative estimate of drug-likeness (QED) is 0.767. The maximum absolute atomic E-state index is 11.3. The van der Waals surface area contributed by atoms with Crippen LogP contribution in [-0.4, -0.2) is 30.7 Å². The maximum atomic E-state index is 11.3. The van der Waals surface area contributed by atoms with Gasteiger partial charge in [0.05, 0.1) is 6.26 Å². The van der Waals surface area contributed by atoms with Gasteiger partial charge in [0.1, 0.15) is 5.69 Å². The van der Waals surface area contributed by atoms with Gasteiger partial charge in [-0.05, 0) is 12.1 Å². The van der Waals surface area contributed by atoms with Crippen molar-refractivity contribution in [3.63, 3.8) is 0 Å².